The molecule has 0 aliphatic carbocycles. The molecule has 0 fully saturated rings. The summed E-state index contributed by atoms with van der Waals surface area (Å²) in [5.41, 5.74) is 3.03. The van der Waals surface area contributed by atoms with E-state index in [2.05, 4.69) is 14.8 Å². The smallest absolute Gasteiger partial charge is 0.158 e. The second kappa shape index (κ2) is 5.89. The number of fused-ring (bicyclic) bond motifs is 1. The fourth-order valence-corrected chi connectivity index (χ4v) is 2.88. The van der Waals surface area contributed by atoms with E-state index in [0.717, 1.165) is 48.6 Å². The lowest BCUT2D eigenvalue weighted by Gasteiger charge is -2.09. The highest BCUT2D eigenvalue weighted by molar-refractivity contribution is 6.17. The molecule has 0 atom stereocenters. The van der Waals surface area contributed by atoms with E-state index < -0.39 is 0 Å². The van der Waals surface area contributed by atoms with Crippen molar-refractivity contribution in [2.75, 3.05) is 5.88 Å². The van der Waals surface area contributed by atoms with Gasteiger partial charge in [-0.2, -0.15) is 10.2 Å². The SMILES string of the molecule is Cc1nn(C)c2c1nc(CCCl)n2CCCn1cccn1. The molecule has 0 saturated carbocycles. The van der Waals surface area contributed by atoms with E-state index >= 15 is 0 Å². The molecule has 21 heavy (non-hydrogen) atoms. The molecular formula is C14H19ClN6. The molecule has 112 valence electrons. The quantitative estimate of drug-likeness (QED) is 0.656. The molecule has 0 spiro atoms. The lowest BCUT2D eigenvalue weighted by molar-refractivity contribution is 0.518. The predicted octanol–water partition coefficient (Wildman–Crippen LogP) is 2.15. The summed E-state index contributed by atoms with van der Waals surface area (Å²) >= 11 is 5.91. The number of nitrogens with zero attached hydrogens (tertiary/aromatic N) is 6. The third-order valence-electron chi connectivity index (χ3n) is 3.62. The van der Waals surface area contributed by atoms with E-state index in [0.29, 0.717) is 5.88 Å². The second-order valence-corrected chi connectivity index (χ2v) is 5.50. The molecule has 3 aromatic heterocycles. The minimum absolute atomic E-state index is 0.578. The van der Waals surface area contributed by atoms with Gasteiger partial charge in [-0.15, -0.1) is 11.6 Å². The Labute approximate surface area is 128 Å². The van der Waals surface area contributed by atoms with Crippen molar-refractivity contribution in [2.45, 2.75) is 32.9 Å². The van der Waals surface area contributed by atoms with Crippen LogP contribution in [0, 0.1) is 6.92 Å². The maximum Gasteiger partial charge on any atom is 0.158 e. The van der Waals surface area contributed by atoms with Crippen LogP contribution in [0.15, 0.2) is 18.5 Å². The topological polar surface area (TPSA) is 53.5 Å². The summed E-state index contributed by atoms with van der Waals surface area (Å²) in [7, 11) is 1.96. The highest BCUT2D eigenvalue weighted by Gasteiger charge is 2.16. The summed E-state index contributed by atoms with van der Waals surface area (Å²) in [6.45, 7) is 3.78. The van der Waals surface area contributed by atoms with Crippen LogP contribution >= 0.6 is 11.6 Å². The van der Waals surface area contributed by atoms with Gasteiger partial charge in [0.05, 0.1) is 5.69 Å². The highest BCUT2D eigenvalue weighted by atomic mass is 35.5. The van der Waals surface area contributed by atoms with Crippen LogP contribution in [0.5, 0.6) is 0 Å². The first-order valence-corrected chi connectivity index (χ1v) is 7.66. The Hall–Kier alpha value is -1.82. The Balaban J connectivity index is 1.85. The molecule has 7 heteroatoms. The summed E-state index contributed by atoms with van der Waals surface area (Å²) in [5.74, 6) is 1.62. The van der Waals surface area contributed by atoms with Gasteiger partial charge in [-0.3, -0.25) is 9.36 Å². The van der Waals surface area contributed by atoms with Crippen molar-refractivity contribution in [1.82, 2.24) is 29.1 Å². The molecule has 0 radical (unpaired) electrons. The first kappa shape index (κ1) is 14.1. The molecule has 0 saturated heterocycles. The number of hydrogen-bond acceptors (Lipinski definition) is 3. The Morgan fingerprint density at radius 1 is 1.29 bits per heavy atom. The van der Waals surface area contributed by atoms with Crippen molar-refractivity contribution in [1.29, 1.82) is 0 Å². The first-order valence-electron chi connectivity index (χ1n) is 7.13. The average Bonchev–Trinajstić information content (AvgIpc) is 3.13. The third kappa shape index (κ3) is 2.68. The van der Waals surface area contributed by atoms with Crippen LogP contribution in [0.3, 0.4) is 0 Å². The van der Waals surface area contributed by atoms with Gasteiger partial charge >= 0.3 is 0 Å². The van der Waals surface area contributed by atoms with Crippen molar-refractivity contribution in [2.24, 2.45) is 7.05 Å². The van der Waals surface area contributed by atoms with Crippen LogP contribution in [-0.4, -0.2) is 35.0 Å². The number of hydrogen-bond donors (Lipinski definition) is 0. The maximum absolute atomic E-state index is 5.91. The van der Waals surface area contributed by atoms with Crippen molar-refractivity contribution in [3.63, 3.8) is 0 Å². The van der Waals surface area contributed by atoms with Gasteiger partial charge in [-0.05, 0) is 19.4 Å². The van der Waals surface area contributed by atoms with Crippen molar-refractivity contribution in [3.05, 3.63) is 30.0 Å². The third-order valence-corrected chi connectivity index (χ3v) is 3.80. The number of halogens is 1. The van der Waals surface area contributed by atoms with E-state index in [-0.39, 0.29) is 0 Å². The minimum Gasteiger partial charge on any atom is -0.313 e. The zero-order valence-corrected chi connectivity index (χ0v) is 13.1. The van der Waals surface area contributed by atoms with Crippen molar-refractivity contribution in [3.8, 4) is 0 Å². The Kier molecular flexibility index (Phi) is 3.96. The van der Waals surface area contributed by atoms with E-state index in [4.69, 9.17) is 16.6 Å². The number of aryl methyl sites for hydroxylation is 5. The predicted molar refractivity (Wildman–Crippen MR) is 82.5 cm³/mol. The molecule has 3 heterocycles. The van der Waals surface area contributed by atoms with Crippen LogP contribution < -0.4 is 0 Å². The molecule has 0 N–H and O–H groups in total. The highest BCUT2D eigenvalue weighted by Crippen LogP contribution is 2.20. The van der Waals surface area contributed by atoms with Gasteiger partial charge < -0.3 is 4.57 Å². The molecule has 0 amide bonds. The van der Waals surface area contributed by atoms with Crippen molar-refractivity contribution < 1.29 is 0 Å². The summed E-state index contributed by atoms with van der Waals surface area (Å²) in [6.07, 6.45) is 5.56. The fourth-order valence-electron chi connectivity index (χ4n) is 2.71. The zero-order valence-electron chi connectivity index (χ0n) is 12.3. The summed E-state index contributed by atoms with van der Waals surface area (Å²) in [4.78, 5) is 4.71. The molecular weight excluding hydrogens is 288 g/mol. The van der Waals surface area contributed by atoms with Gasteiger partial charge in [0.25, 0.3) is 0 Å². The average molecular weight is 307 g/mol. The van der Waals surface area contributed by atoms with Gasteiger partial charge in [0, 0.05) is 44.8 Å². The second-order valence-electron chi connectivity index (χ2n) is 5.12. The molecule has 0 aliphatic rings. The fraction of sp³-hybridized carbons (Fsp3) is 0.500. The summed E-state index contributed by atoms with van der Waals surface area (Å²) in [5, 5.41) is 8.68. The standard InChI is InChI=1S/C14H19ClN6/c1-11-13-14(19(2)18-11)21(12(17-13)5-6-15)10-4-9-20-8-3-7-16-20/h3,7-8H,4-6,9-10H2,1-2H3. The van der Waals surface area contributed by atoms with Gasteiger partial charge in [0.2, 0.25) is 0 Å². The molecule has 0 aromatic carbocycles. The van der Waals surface area contributed by atoms with E-state index in [1.807, 2.05) is 35.6 Å². The minimum atomic E-state index is 0.578. The first-order chi connectivity index (χ1) is 10.2. The molecule has 0 bridgehead atoms. The Morgan fingerprint density at radius 2 is 2.14 bits per heavy atom. The number of aromatic nitrogens is 6. The number of rotatable bonds is 6. The maximum atomic E-state index is 5.91. The van der Waals surface area contributed by atoms with Crippen LogP contribution in [0.4, 0.5) is 0 Å². The van der Waals surface area contributed by atoms with Gasteiger partial charge in [0.15, 0.2) is 5.65 Å². The molecule has 0 aliphatic heterocycles. The van der Waals surface area contributed by atoms with E-state index in [1.165, 1.54) is 0 Å². The molecule has 0 unspecified atom stereocenters. The molecule has 3 rings (SSSR count). The lowest BCUT2D eigenvalue weighted by Crippen LogP contribution is -2.10. The van der Waals surface area contributed by atoms with Crippen LogP contribution in [-0.2, 0) is 26.6 Å². The van der Waals surface area contributed by atoms with Gasteiger partial charge in [-0.25, -0.2) is 4.98 Å². The van der Waals surface area contributed by atoms with E-state index in [1.54, 1.807) is 6.20 Å². The molecule has 3 aromatic rings. The summed E-state index contributed by atoms with van der Waals surface area (Å²) < 4.78 is 6.09. The van der Waals surface area contributed by atoms with Gasteiger partial charge in [0.1, 0.15) is 11.3 Å². The monoisotopic (exact) mass is 306 g/mol. The molecule has 6 nitrogen and oxygen atoms in total. The summed E-state index contributed by atoms with van der Waals surface area (Å²) in [6, 6.07) is 1.94. The number of alkyl halides is 1. The zero-order chi connectivity index (χ0) is 14.8. The largest absolute Gasteiger partial charge is 0.313 e. The van der Waals surface area contributed by atoms with Crippen LogP contribution in [0.25, 0.3) is 11.2 Å². The Bertz CT molecular complexity index is 724. The van der Waals surface area contributed by atoms with Crippen molar-refractivity contribution >= 4 is 22.8 Å². The Morgan fingerprint density at radius 3 is 2.86 bits per heavy atom. The van der Waals surface area contributed by atoms with E-state index in [9.17, 15) is 0 Å². The van der Waals surface area contributed by atoms with Crippen LogP contribution in [0.1, 0.15) is 17.9 Å². The lowest BCUT2D eigenvalue weighted by atomic mass is 10.4. The normalized spacial score (nSPS) is 11.6. The van der Waals surface area contributed by atoms with Gasteiger partial charge in [-0.1, -0.05) is 0 Å². The van der Waals surface area contributed by atoms with Crippen LogP contribution in [0.2, 0.25) is 0 Å². The number of imidazole rings is 1.